The van der Waals surface area contributed by atoms with Gasteiger partial charge >= 0.3 is 0 Å². The van der Waals surface area contributed by atoms with Gasteiger partial charge < -0.3 is 15.7 Å². The Labute approximate surface area is 156 Å². The number of benzene rings is 1. The molecular formula is C18H21ClN6O. The lowest BCUT2D eigenvalue weighted by atomic mass is 9.80. The van der Waals surface area contributed by atoms with Crippen molar-refractivity contribution in [3.63, 3.8) is 0 Å². The Morgan fingerprint density at radius 3 is 2.85 bits per heavy atom. The fourth-order valence-corrected chi connectivity index (χ4v) is 3.54. The number of H-pyrrole nitrogens is 1. The number of fused-ring (bicyclic) bond motifs is 1. The lowest BCUT2D eigenvalue weighted by molar-refractivity contribution is 0.258. The number of aromatic nitrogens is 4. The summed E-state index contributed by atoms with van der Waals surface area (Å²) >= 11 is 6.21. The van der Waals surface area contributed by atoms with Crippen LogP contribution in [0.15, 0.2) is 24.4 Å². The van der Waals surface area contributed by atoms with Crippen LogP contribution in [0.1, 0.15) is 19.8 Å². The second-order valence-electron chi connectivity index (χ2n) is 7.14. The van der Waals surface area contributed by atoms with E-state index in [1.54, 1.807) is 18.3 Å². The van der Waals surface area contributed by atoms with E-state index in [0.29, 0.717) is 29.0 Å². The number of hydrogen-bond donors (Lipinski definition) is 3. The summed E-state index contributed by atoms with van der Waals surface area (Å²) in [5, 5.41) is 17.3. The zero-order chi connectivity index (χ0) is 18.3. The Kier molecular flexibility index (Phi) is 4.20. The molecule has 8 heteroatoms. The minimum atomic E-state index is 0.0211. The monoisotopic (exact) mass is 372 g/mol. The van der Waals surface area contributed by atoms with Gasteiger partial charge in [0, 0.05) is 18.7 Å². The van der Waals surface area contributed by atoms with Gasteiger partial charge in [-0.2, -0.15) is 5.10 Å². The predicted octanol–water partition coefficient (Wildman–Crippen LogP) is 2.94. The van der Waals surface area contributed by atoms with Crippen molar-refractivity contribution in [2.75, 3.05) is 24.5 Å². The first-order valence-corrected chi connectivity index (χ1v) is 9.02. The van der Waals surface area contributed by atoms with E-state index in [2.05, 4.69) is 32.0 Å². The molecule has 1 aromatic carbocycles. The fraction of sp³-hybridized carbons (Fsp3) is 0.389. The van der Waals surface area contributed by atoms with E-state index in [1.807, 2.05) is 6.07 Å². The van der Waals surface area contributed by atoms with E-state index in [1.165, 1.54) is 0 Å². The lowest BCUT2D eigenvalue weighted by Gasteiger charge is -2.39. The molecule has 1 saturated heterocycles. The highest BCUT2D eigenvalue weighted by molar-refractivity contribution is 6.35. The summed E-state index contributed by atoms with van der Waals surface area (Å²) in [6.45, 7) is 4.75. The van der Waals surface area contributed by atoms with Gasteiger partial charge in [0.2, 0.25) is 5.65 Å². The first kappa shape index (κ1) is 17.1. The number of phenolic OH excluding ortho intramolecular Hbond substituents is 1. The summed E-state index contributed by atoms with van der Waals surface area (Å²) in [5.74, 6) is 0.837. The van der Waals surface area contributed by atoms with Crippen molar-refractivity contribution in [2.45, 2.75) is 19.8 Å². The SMILES string of the molecule is CC1(CN)CCN(c2cnc3c(-c4cccc(O)c4Cl)[nH]nc3n2)CC1. The maximum Gasteiger partial charge on any atom is 0.202 e. The molecule has 0 spiro atoms. The van der Waals surface area contributed by atoms with Crippen molar-refractivity contribution in [3.05, 3.63) is 29.4 Å². The average molecular weight is 373 g/mol. The highest BCUT2D eigenvalue weighted by Gasteiger charge is 2.29. The minimum Gasteiger partial charge on any atom is -0.506 e. The molecule has 7 nitrogen and oxygen atoms in total. The van der Waals surface area contributed by atoms with E-state index in [9.17, 15) is 5.11 Å². The van der Waals surface area contributed by atoms with Crippen molar-refractivity contribution in [3.8, 4) is 17.0 Å². The van der Waals surface area contributed by atoms with Crippen LogP contribution in [0.5, 0.6) is 5.75 Å². The number of hydrogen-bond acceptors (Lipinski definition) is 6. The topological polar surface area (TPSA) is 104 Å². The average Bonchev–Trinajstić information content (AvgIpc) is 3.07. The molecule has 4 rings (SSSR count). The Balaban J connectivity index is 1.65. The van der Waals surface area contributed by atoms with Crippen LogP contribution in [0, 0.1) is 5.41 Å². The first-order chi connectivity index (χ1) is 12.5. The number of nitrogens with one attached hydrogen (secondary N) is 1. The van der Waals surface area contributed by atoms with E-state index >= 15 is 0 Å². The van der Waals surface area contributed by atoms with Crippen molar-refractivity contribution >= 4 is 28.6 Å². The molecule has 3 aromatic rings. The highest BCUT2D eigenvalue weighted by Crippen LogP contribution is 2.36. The van der Waals surface area contributed by atoms with Gasteiger partial charge in [0.1, 0.15) is 17.1 Å². The molecule has 0 bridgehead atoms. The molecule has 136 valence electrons. The smallest absolute Gasteiger partial charge is 0.202 e. The van der Waals surface area contributed by atoms with Crippen LogP contribution in [0.25, 0.3) is 22.4 Å². The second-order valence-corrected chi connectivity index (χ2v) is 7.52. The summed E-state index contributed by atoms with van der Waals surface area (Å²) in [7, 11) is 0. The van der Waals surface area contributed by atoms with Gasteiger partial charge in [0.05, 0.1) is 16.9 Å². The predicted molar refractivity (Wildman–Crippen MR) is 102 cm³/mol. The maximum absolute atomic E-state index is 9.83. The molecule has 0 aliphatic carbocycles. The Morgan fingerprint density at radius 2 is 2.12 bits per heavy atom. The third kappa shape index (κ3) is 2.87. The van der Waals surface area contributed by atoms with E-state index in [4.69, 9.17) is 17.3 Å². The standard InChI is InChI=1S/C18H21ClN6O/c1-18(10-20)5-7-25(8-6-18)13-9-21-16-15(23-24-17(16)22-13)11-3-2-4-12(26)14(11)19/h2-4,9,26H,5-8,10,20H2,1H3,(H,22,23,24). The molecular weight excluding hydrogens is 352 g/mol. The van der Waals surface area contributed by atoms with Crippen LogP contribution in [-0.2, 0) is 0 Å². The number of anilines is 1. The summed E-state index contributed by atoms with van der Waals surface area (Å²) < 4.78 is 0. The van der Waals surface area contributed by atoms with Crippen molar-refractivity contribution in [1.29, 1.82) is 0 Å². The van der Waals surface area contributed by atoms with Crippen LogP contribution in [0.4, 0.5) is 5.82 Å². The van der Waals surface area contributed by atoms with Gasteiger partial charge in [0.25, 0.3) is 0 Å². The molecule has 1 fully saturated rings. The molecule has 0 radical (unpaired) electrons. The third-order valence-corrected chi connectivity index (χ3v) is 5.68. The molecule has 0 unspecified atom stereocenters. The van der Waals surface area contributed by atoms with Crippen molar-refractivity contribution in [2.24, 2.45) is 11.1 Å². The lowest BCUT2D eigenvalue weighted by Crippen LogP contribution is -2.42. The van der Waals surface area contributed by atoms with E-state index < -0.39 is 0 Å². The summed E-state index contributed by atoms with van der Waals surface area (Å²) in [4.78, 5) is 11.4. The molecule has 1 aliphatic rings. The number of nitrogens with zero attached hydrogens (tertiary/aromatic N) is 4. The van der Waals surface area contributed by atoms with Gasteiger partial charge in [0.15, 0.2) is 0 Å². The molecule has 4 N–H and O–H groups in total. The Morgan fingerprint density at radius 1 is 1.35 bits per heavy atom. The van der Waals surface area contributed by atoms with Crippen LogP contribution in [0.2, 0.25) is 5.02 Å². The van der Waals surface area contributed by atoms with Crippen LogP contribution in [-0.4, -0.2) is 44.9 Å². The van der Waals surface area contributed by atoms with Gasteiger partial charge in [-0.15, -0.1) is 0 Å². The minimum absolute atomic E-state index is 0.0211. The molecule has 2 aromatic heterocycles. The highest BCUT2D eigenvalue weighted by atomic mass is 35.5. The van der Waals surface area contributed by atoms with Crippen molar-refractivity contribution in [1.82, 2.24) is 20.2 Å². The fourth-order valence-electron chi connectivity index (χ4n) is 3.32. The summed E-state index contributed by atoms with van der Waals surface area (Å²) in [6, 6.07) is 5.08. The molecule has 1 aliphatic heterocycles. The molecule has 0 saturated carbocycles. The van der Waals surface area contributed by atoms with Crippen LogP contribution in [0.3, 0.4) is 0 Å². The normalized spacial score (nSPS) is 17.0. The third-order valence-electron chi connectivity index (χ3n) is 5.29. The van der Waals surface area contributed by atoms with Crippen LogP contribution >= 0.6 is 11.6 Å². The quantitative estimate of drug-likeness (QED) is 0.653. The molecule has 0 amide bonds. The largest absolute Gasteiger partial charge is 0.506 e. The number of aromatic hydroxyl groups is 1. The second kappa shape index (κ2) is 6.41. The van der Waals surface area contributed by atoms with E-state index in [0.717, 1.165) is 31.7 Å². The van der Waals surface area contributed by atoms with Gasteiger partial charge in [-0.1, -0.05) is 30.7 Å². The van der Waals surface area contributed by atoms with Crippen LogP contribution < -0.4 is 10.6 Å². The summed E-state index contributed by atoms with van der Waals surface area (Å²) in [5.41, 5.74) is 8.55. The van der Waals surface area contributed by atoms with E-state index in [-0.39, 0.29) is 16.2 Å². The van der Waals surface area contributed by atoms with Gasteiger partial charge in [-0.05, 0) is 30.9 Å². The molecule has 3 heterocycles. The number of nitrogens with two attached hydrogens (primary N) is 1. The zero-order valence-electron chi connectivity index (χ0n) is 14.5. The summed E-state index contributed by atoms with van der Waals surface area (Å²) in [6.07, 6.45) is 3.84. The Hall–Kier alpha value is -2.38. The van der Waals surface area contributed by atoms with Gasteiger partial charge in [-0.3, -0.25) is 5.10 Å². The number of aromatic amines is 1. The number of rotatable bonds is 3. The maximum atomic E-state index is 9.83. The number of piperidine rings is 1. The van der Waals surface area contributed by atoms with Crippen molar-refractivity contribution < 1.29 is 5.11 Å². The Bertz CT molecular complexity index is 948. The van der Waals surface area contributed by atoms with Gasteiger partial charge in [-0.25, -0.2) is 9.97 Å². The zero-order valence-corrected chi connectivity index (χ0v) is 15.3. The first-order valence-electron chi connectivity index (χ1n) is 8.65. The number of phenols is 1. The molecule has 0 atom stereocenters. The number of halogens is 1. The molecule has 26 heavy (non-hydrogen) atoms.